The molecule has 0 aromatic rings. The highest BCUT2D eigenvalue weighted by atomic mass is 16.5. The van der Waals surface area contributed by atoms with Gasteiger partial charge in [-0.1, -0.05) is 13.8 Å². The molecule has 1 fully saturated rings. The van der Waals surface area contributed by atoms with Crippen LogP contribution in [0.1, 0.15) is 46.0 Å². The maximum atomic E-state index is 5.59. The SMILES string of the molecule is COC1(CC(CC(C)C)NN)CCC1. The van der Waals surface area contributed by atoms with Crippen LogP contribution in [0.2, 0.25) is 0 Å². The molecule has 0 spiro atoms. The van der Waals surface area contributed by atoms with Crippen LogP contribution in [0.3, 0.4) is 0 Å². The number of nitrogens with one attached hydrogen (secondary N) is 1. The van der Waals surface area contributed by atoms with Gasteiger partial charge in [-0.05, 0) is 38.0 Å². The number of methoxy groups -OCH3 is 1. The molecule has 14 heavy (non-hydrogen) atoms. The molecule has 3 heteroatoms. The van der Waals surface area contributed by atoms with E-state index in [2.05, 4.69) is 19.3 Å². The van der Waals surface area contributed by atoms with E-state index in [1.165, 1.54) is 19.3 Å². The normalized spacial score (nSPS) is 22.1. The summed E-state index contributed by atoms with van der Waals surface area (Å²) in [5.74, 6) is 6.24. The molecule has 0 saturated heterocycles. The first-order chi connectivity index (χ1) is 6.62. The van der Waals surface area contributed by atoms with Crippen molar-refractivity contribution in [2.75, 3.05) is 7.11 Å². The lowest BCUT2D eigenvalue weighted by Crippen LogP contribution is -2.48. The average molecular weight is 200 g/mol. The first-order valence-corrected chi connectivity index (χ1v) is 5.63. The Kier molecular flexibility index (Phi) is 4.35. The second kappa shape index (κ2) is 5.10. The summed E-state index contributed by atoms with van der Waals surface area (Å²) in [5, 5.41) is 0. The molecule has 3 N–H and O–H groups in total. The minimum Gasteiger partial charge on any atom is -0.378 e. The van der Waals surface area contributed by atoms with Gasteiger partial charge in [0.25, 0.3) is 0 Å². The van der Waals surface area contributed by atoms with Crippen molar-refractivity contribution in [2.45, 2.75) is 57.6 Å². The van der Waals surface area contributed by atoms with E-state index >= 15 is 0 Å². The van der Waals surface area contributed by atoms with Crippen molar-refractivity contribution < 1.29 is 4.74 Å². The second-order valence-corrected chi connectivity index (χ2v) is 4.94. The number of rotatable bonds is 6. The molecule has 0 heterocycles. The molecule has 3 nitrogen and oxygen atoms in total. The van der Waals surface area contributed by atoms with Crippen molar-refractivity contribution in [3.63, 3.8) is 0 Å². The zero-order valence-electron chi connectivity index (χ0n) is 9.68. The largest absolute Gasteiger partial charge is 0.378 e. The molecule has 0 aliphatic heterocycles. The number of hydrogen-bond acceptors (Lipinski definition) is 3. The Morgan fingerprint density at radius 3 is 2.36 bits per heavy atom. The summed E-state index contributed by atoms with van der Waals surface area (Å²) < 4.78 is 5.59. The Balaban J connectivity index is 2.38. The molecule has 1 rings (SSSR count). The van der Waals surface area contributed by atoms with Crippen LogP contribution < -0.4 is 11.3 Å². The van der Waals surface area contributed by atoms with Crippen molar-refractivity contribution in [2.24, 2.45) is 11.8 Å². The highest BCUT2D eigenvalue weighted by Gasteiger charge is 2.38. The fraction of sp³-hybridized carbons (Fsp3) is 1.00. The minimum atomic E-state index is 0.131. The minimum absolute atomic E-state index is 0.131. The lowest BCUT2D eigenvalue weighted by molar-refractivity contribution is -0.0844. The Labute approximate surface area is 87.4 Å². The van der Waals surface area contributed by atoms with Gasteiger partial charge in [0, 0.05) is 13.2 Å². The first-order valence-electron chi connectivity index (χ1n) is 5.63. The van der Waals surface area contributed by atoms with Crippen LogP contribution in [-0.2, 0) is 4.74 Å². The second-order valence-electron chi connectivity index (χ2n) is 4.94. The van der Waals surface area contributed by atoms with Crippen molar-refractivity contribution >= 4 is 0 Å². The number of hydrazine groups is 1. The van der Waals surface area contributed by atoms with Crippen LogP contribution in [0.25, 0.3) is 0 Å². The molecule has 1 unspecified atom stereocenters. The molecular formula is C11H24N2O. The van der Waals surface area contributed by atoms with Crippen LogP contribution in [-0.4, -0.2) is 18.8 Å². The van der Waals surface area contributed by atoms with Crippen LogP contribution in [0.15, 0.2) is 0 Å². The molecule has 1 aliphatic carbocycles. The summed E-state index contributed by atoms with van der Waals surface area (Å²) in [5.41, 5.74) is 3.04. The zero-order chi connectivity index (χ0) is 10.6. The topological polar surface area (TPSA) is 47.3 Å². The van der Waals surface area contributed by atoms with Gasteiger partial charge < -0.3 is 4.74 Å². The molecule has 0 aromatic heterocycles. The van der Waals surface area contributed by atoms with E-state index in [1.807, 2.05) is 7.11 Å². The van der Waals surface area contributed by atoms with Crippen LogP contribution in [0.4, 0.5) is 0 Å². The molecule has 1 saturated carbocycles. The third-order valence-corrected chi connectivity index (χ3v) is 3.31. The van der Waals surface area contributed by atoms with Crippen LogP contribution in [0.5, 0.6) is 0 Å². The maximum Gasteiger partial charge on any atom is 0.0694 e. The Hall–Kier alpha value is -0.120. The fourth-order valence-corrected chi connectivity index (χ4v) is 2.29. The van der Waals surface area contributed by atoms with Gasteiger partial charge in [0.15, 0.2) is 0 Å². The number of hydrogen-bond donors (Lipinski definition) is 2. The molecular weight excluding hydrogens is 176 g/mol. The predicted molar refractivity (Wildman–Crippen MR) is 58.8 cm³/mol. The summed E-state index contributed by atoms with van der Waals surface area (Å²) in [6, 6.07) is 0.398. The zero-order valence-corrected chi connectivity index (χ0v) is 9.68. The third kappa shape index (κ3) is 2.94. The lowest BCUT2D eigenvalue weighted by atomic mass is 9.75. The average Bonchev–Trinajstić information content (AvgIpc) is 2.08. The van der Waals surface area contributed by atoms with E-state index in [0.29, 0.717) is 12.0 Å². The van der Waals surface area contributed by atoms with E-state index in [-0.39, 0.29) is 5.60 Å². The monoisotopic (exact) mass is 200 g/mol. The Morgan fingerprint density at radius 1 is 1.43 bits per heavy atom. The molecule has 0 radical (unpaired) electrons. The standard InChI is InChI=1S/C11H24N2O/c1-9(2)7-10(13-12)8-11(14-3)5-4-6-11/h9-10,13H,4-8,12H2,1-3H3. The Bertz CT molecular complexity index is 161. The van der Waals surface area contributed by atoms with Gasteiger partial charge >= 0.3 is 0 Å². The van der Waals surface area contributed by atoms with E-state index < -0.39 is 0 Å². The lowest BCUT2D eigenvalue weighted by Gasteiger charge is -2.43. The van der Waals surface area contributed by atoms with Crippen LogP contribution in [0, 0.1) is 5.92 Å². The number of nitrogens with two attached hydrogens (primary N) is 1. The Morgan fingerprint density at radius 2 is 2.07 bits per heavy atom. The third-order valence-electron chi connectivity index (χ3n) is 3.31. The summed E-state index contributed by atoms with van der Waals surface area (Å²) >= 11 is 0. The highest BCUT2D eigenvalue weighted by molar-refractivity contribution is 4.92. The molecule has 84 valence electrons. The van der Waals surface area contributed by atoms with Gasteiger partial charge in [-0.2, -0.15) is 0 Å². The van der Waals surface area contributed by atoms with Crippen LogP contribution >= 0.6 is 0 Å². The van der Waals surface area contributed by atoms with E-state index in [9.17, 15) is 0 Å². The fourth-order valence-electron chi connectivity index (χ4n) is 2.29. The summed E-state index contributed by atoms with van der Waals surface area (Å²) in [6.45, 7) is 4.45. The van der Waals surface area contributed by atoms with Gasteiger partial charge in [-0.25, -0.2) is 0 Å². The quantitative estimate of drug-likeness (QED) is 0.508. The van der Waals surface area contributed by atoms with Gasteiger partial charge in [0.05, 0.1) is 5.60 Å². The van der Waals surface area contributed by atoms with Gasteiger partial charge in [0.1, 0.15) is 0 Å². The van der Waals surface area contributed by atoms with Gasteiger partial charge in [0.2, 0.25) is 0 Å². The summed E-state index contributed by atoms with van der Waals surface area (Å²) in [4.78, 5) is 0. The number of ether oxygens (including phenoxy) is 1. The van der Waals surface area contributed by atoms with Gasteiger partial charge in [-0.15, -0.1) is 0 Å². The van der Waals surface area contributed by atoms with E-state index in [4.69, 9.17) is 10.6 Å². The van der Waals surface area contributed by atoms with Crippen molar-refractivity contribution in [3.8, 4) is 0 Å². The van der Waals surface area contributed by atoms with Crippen molar-refractivity contribution in [1.82, 2.24) is 5.43 Å². The van der Waals surface area contributed by atoms with E-state index in [1.54, 1.807) is 0 Å². The summed E-state index contributed by atoms with van der Waals surface area (Å²) in [6.07, 6.45) is 5.87. The first kappa shape index (κ1) is 12.0. The molecule has 0 aromatic carbocycles. The van der Waals surface area contributed by atoms with Crippen molar-refractivity contribution in [1.29, 1.82) is 0 Å². The smallest absolute Gasteiger partial charge is 0.0694 e. The van der Waals surface area contributed by atoms with Gasteiger partial charge in [-0.3, -0.25) is 11.3 Å². The summed E-state index contributed by atoms with van der Waals surface area (Å²) in [7, 11) is 1.82. The predicted octanol–water partition coefficient (Wildman–Crippen LogP) is 1.82. The molecule has 0 bridgehead atoms. The molecule has 1 atom stereocenters. The van der Waals surface area contributed by atoms with E-state index in [0.717, 1.165) is 12.8 Å². The molecule has 0 amide bonds. The molecule has 1 aliphatic rings. The van der Waals surface area contributed by atoms with Crippen molar-refractivity contribution in [3.05, 3.63) is 0 Å². The highest BCUT2D eigenvalue weighted by Crippen LogP contribution is 2.39. The maximum absolute atomic E-state index is 5.59.